The van der Waals surface area contributed by atoms with Crippen molar-refractivity contribution in [2.75, 3.05) is 13.7 Å². The zero-order valence-corrected chi connectivity index (χ0v) is 6.37. The van der Waals surface area contributed by atoms with Gasteiger partial charge >= 0.3 is 0 Å². The highest BCUT2D eigenvalue weighted by Crippen LogP contribution is 1.99. The van der Waals surface area contributed by atoms with Crippen molar-refractivity contribution in [2.45, 2.75) is 0 Å². The molecule has 0 aromatic rings. The van der Waals surface area contributed by atoms with E-state index in [1.54, 1.807) is 13.2 Å². The van der Waals surface area contributed by atoms with Gasteiger partial charge in [-0.05, 0) is 6.08 Å². The Morgan fingerprint density at radius 1 is 1.91 bits per heavy atom. The van der Waals surface area contributed by atoms with Gasteiger partial charge in [-0.15, -0.1) is 11.5 Å². The minimum atomic E-state index is 0.103. The van der Waals surface area contributed by atoms with E-state index in [1.807, 2.05) is 6.08 Å². The standard InChI is InChI=1S/C8H10N2O/c1-3-7-4-5-8(11-2)10-9-6-7/h1,4-5,7,9H,6H2,2H3. The molecule has 0 fully saturated rings. The number of hydrazone groups is 1. The molecule has 0 saturated carbocycles. The van der Waals surface area contributed by atoms with E-state index < -0.39 is 0 Å². The number of nitrogens with one attached hydrogen (secondary N) is 1. The maximum Gasteiger partial charge on any atom is 0.229 e. The fraction of sp³-hybridized carbons (Fsp3) is 0.375. The summed E-state index contributed by atoms with van der Waals surface area (Å²) >= 11 is 0. The van der Waals surface area contributed by atoms with Crippen molar-refractivity contribution >= 4 is 5.90 Å². The van der Waals surface area contributed by atoms with Crippen LogP contribution in [0, 0.1) is 18.3 Å². The lowest BCUT2D eigenvalue weighted by Crippen LogP contribution is -2.14. The van der Waals surface area contributed by atoms with Crippen molar-refractivity contribution in [2.24, 2.45) is 11.0 Å². The molecule has 0 aliphatic carbocycles. The molecule has 0 saturated heterocycles. The van der Waals surface area contributed by atoms with Gasteiger partial charge in [-0.3, -0.25) is 0 Å². The predicted octanol–water partition coefficient (Wildman–Crippen LogP) is 0.355. The fourth-order valence-corrected chi connectivity index (χ4v) is 0.754. The van der Waals surface area contributed by atoms with Gasteiger partial charge in [-0.2, -0.15) is 0 Å². The summed E-state index contributed by atoms with van der Waals surface area (Å²) in [6.45, 7) is 0.667. The second kappa shape index (κ2) is 3.67. The lowest BCUT2D eigenvalue weighted by Gasteiger charge is -1.99. The summed E-state index contributed by atoms with van der Waals surface area (Å²) in [6.07, 6.45) is 8.89. The van der Waals surface area contributed by atoms with Gasteiger partial charge in [0.1, 0.15) is 0 Å². The second-order valence-electron chi connectivity index (χ2n) is 2.15. The van der Waals surface area contributed by atoms with E-state index in [9.17, 15) is 0 Å². The summed E-state index contributed by atoms with van der Waals surface area (Å²) in [7, 11) is 1.57. The topological polar surface area (TPSA) is 33.6 Å². The summed E-state index contributed by atoms with van der Waals surface area (Å²) < 4.78 is 4.90. The second-order valence-corrected chi connectivity index (χ2v) is 2.15. The molecule has 0 spiro atoms. The van der Waals surface area contributed by atoms with E-state index in [1.165, 1.54) is 0 Å². The van der Waals surface area contributed by atoms with Crippen LogP contribution >= 0.6 is 0 Å². The summed E-state index contributed by atoms with van der Waals surface area (Å²) in [4.78, 5) is 0. The largest absolute Gasteiger partial charge is 0.480 e. The zero-order valence-electron chi connectivity index (χ0n) is 6.37. The van der Waals surface area contributed by atoms with Crippen LogP contribution in [0.5, 0.6) is 0 Å². The Balaban J connectivity index is 2.62. The normalized spacial score (nSPS) is 22.5. The van der Waals surface area contributed by atoms with Crippen LogP contribution in [0.3, 0.4) is 0 Å². The van der Waals surface area contributed by atoms with Crippen LogP contribution in [0.2, 0.25) is 0 Å². The minimum Gasteiger partial charge on any atom is -0.480 e. The highest BCUT2D eigenvalue weighted by molar-refractivity contribution is 5.87. The van der Waals surface area contributed by atoms with Crippen molar-refractivity contribution in [1.82, 2.24) is 5.43 Å². The van der Waals surface area contributed by atoms with Gasteiger partial charge in [0, 0.05) is 0 Å². The molecular weight excluding hydrogens is 140 g/mol. The molecule has 1 aliphatic rings. The molecule has 3 heteroatoms. The van der Waals surface area contributed by atoms with Gasteiger partial charge in [0.05, 0.1) is 19.6 Å². The third-order valence-electron chi connectivity index (χ3n) is 1.39. The molecule has 0 amide bonds. The van der Waals surface area contributed by atoms with Crippen molar-refractivity contribution in [3.63, 3.8) is 0 Å². The number of methoxy groups -OCH3 is 1. The third-order valence-corrected chi connectivity index (χ3v) is 1.39. The predicted molar refractivity (Wildman–Crippen MR) is 43.9 cm³/mol. The smallest absolute Gasteiger partial charge is 0.229 e. The molecule has 1 unspecified atom stereocenters. The Morgan fingerprint density at radius 3 is 3.36 bits per heavy atom. The molecule has 1 aliphatic heterocycles. The molecule has 0 aromatic carbocycles. The van der Waals surface area contributed by atoms with Crippen LogP contribution in [0.4, 0.5) is 0 Å². The lowest BCUT2D eigenvalue weighted by atomic mass is 10.1. The number of hydrogen-bond donors (Lipinski definition) is 1. The van der Waals surface area contributed by atoms with Crippen molar-refractivity contribution in [1.29, 1.82) is 0 Å². The Kier molecular flexibility index (Phi) is 2.56. The van der Waals surface area contributed by atoms with Gasteiger partial charge in [0.2, 0.25) is 5.90 Å². The maximum absolute atomic E-state index is 5.23. The van der Waals surface area contributed by atoms with Crippen molar-refractivity contribution in [3.8, 4) is 12.3 Å². The summed E-state index contributed by atoms with van der Waals surface area (Å²) in [5.41, 5.74) is 2.81. The van der Waals surface area contributed by atoms with E-state index in [2.05, 4.69) is 16.4 Å². The average Bonchev–Trinajstić information content (AvgIpc) is 2.28. The Hall–Kier alpha value is -1.43. The molecule has 0 aromatic heterocycles. The Bertz CT molecular complexity index is 225. The molecule has 0 bridgehead atoms. The highest BCUT2D eigenvalue weighted by atomic mass is 16.5. The van der Waals surface area contributed by atoms with E-state index in [-0.39, 0.29) is 5.92 Å². The maximum atomic E-state index is 5.23. The Labute approximate surface area is 66.1 Å². The SMILES string of the molecule is C#CC1C=CC(OC)=NNC1. The lowest BCUT2D eigenvalue weighted by molar-refractivity contribution is 0.401. The average molecular weight is 150 g/mol. The number of rotatable bonds is 0. The van der Waals surface area contributed by atoms with Crippen molar-refractivity contribution < 1.29 is 4.74 Å². The van der Waals surface area contributed by atoms with Crippen LogP contribution in [-0.2, 0) is 4.74 Å². The van der Waals surface area contributed by atoms with Gasteiger partial charge in [-0.1, -0.05) is 12.0 Å². The van der Waals surface area contributed by atoms with Gasteiger partial charge in [0.25, 0.3) is 0 Å². The first-order chi connectivity index (χ1) is 5.36. The van der Waals surface area contributed by atoms with Crippen LogP contribution in [-0.4, -0.2) is 19.6 Å². The zero-order chi connectivity index (χ0) is 8.10. The molecule has 1 N–H and O–H groups in total. The highest BCUT2D eigenvalue weighted by Gasteiger charge is 2.03. The molecular formula is C8H10N2O. The number of nitrogens with zero attached hydrogens (tertiary/aromatic N) is 1. The number of terminal acetylenes is 1. The number of ether oxygens (including phenoxy) is 1. The monoisotopic (exact) mass is 150 g/mol. The first-order valence-corrected chi connectivity index (χ1v) is 3.35. The summed E-state index contributed by atoms with van der Waals surface area (Å²) in [5, 5.41) is 3.90. The minimum absolute atomic E-state index is 0.103. The Morgan fingerprint density at radius 2 is 2.73 bits per heavy atom. The van der Waals surface area contributed by atoms with Crippen LogP contribution in [0.1, 0.15) is 0 Å². The third kappa shape index (κ3) is 2.01. The van der Waals surface area contributed by atoms with Crippen LogP contribution < -0.4 is 5.43 Å². The summed E-state index contributed by atoms with van der Waals surface area (Å²) in [5.74, 6) is 3.27. The van der Waals surface area contributed by atoms with Gasteiger partial charge in [-0.25, -0.2) is 0 Å². The van der Waals surface area contributed by atoms with Gasteiger partial charge < -0.3 is 10.2 Å². The van der Waals surface area contributed by atoms with E-state index in [4.69, 9.17) is 11.2 Å². The van der Waals surface area contributed by atoms with E-state index >= 15 is 0 Å². The first-order valence-electron chi connectivity index (χ1n) is 3.35. The quantitative estimate of drug-likeness (QED) is 0.506. The molecule has 1 atom stereocenters. The molecule has 1 heterocycles. The number of hydrogen-bond acceptors (Lipinski definition) is 3. The molecule has 1 rings (SSSR count). The molecule has 3 nitrogen and oxygen atoms in total. The first kappa shape index (κ1) is 7.67. The van der Waals surface area contributed by atoms with Crippen LogP contribution in [0.15, 0.2) is 17.3 Å². The van der Waals surface area contributed by atoms with Crippen LogP contribution in [0.25, 0.3) is 0 Å². The van der Waals surface area contributed by atoms with E-state index in [0.29, 0.717) is 12.4 Å². The van der Waals surface area contributed by atoms with E-state index in [0.717, 1.165) is 0 Å². The molecule has 0 radical (unpaired) electrons. The molecule has 58 valence electrons. The van der Waals surface area contributed by atoms with Gasteiger partial charge in [0.15, 0.2) is 0 Å². The fourth-order valence-electron chi connectivity index (χ4n) is 0.754. The summed E-state index contributed by atoms with van der Waals surface area (Å²) in [6, 6.07) is 0. The molecule has 11 heavy (non-hydrogen) atoms. The van der Waals surface area contributed by atoms with Crippen molar-refractivity contribution in [3.05, 3.63) is 12.2 Å².